The standard InChI is InChI=1S/C17H12Cl2FN5O2/c18-11-5-9(20)1-2-14(11)27-17-10-3-4-25(7-12(10)21-8-22-17)13-6-23-24-16(26)15(13)19/h1-2,5-6,8H,3-4,7H2,(H,24,26). The summed E-state index contributed by atoms with van der Waals surface area (Å²) in [5.41, 5.74) is 1.65. The molecule has 3 aromatic rings. The Morgan fingerprint density at radius 1 is 1.26 bits per heavy atom. The highest BCUT2D eigenvalue weighted by Crippen LogP contribution is 2.34. The molecule has 27 heavy (non-hydrogen) atoms. The summed E-state index contributed by atoms with van der Waals surface area (Å²) in [6.07, 6.45) is 3.45. The van der Waals surface area contributed by atoms with Crippen LogP contribution in [0.15, 0.2) is 35.5 Å². The molecule has 0 saturated carbocycles. The van der Waals surface area contributed by atoms with E-state index in [4.69, 9.17) is 27.9 Å². The van der Waals surface area contributed by atoms with Gasteiger partial charge in [0.25, 0.3) is 5.56 Å². The van der Waals surface area contributed by atoms with Crippen molar-refractivity contribution in [1.29, 1.82) is 0 Å². The van der Waals surface area contributed by atoms with Gasteiger partial charge in [-0.15, -0.1) is 0 Å². The van der Waals surface area contributed by atoms with Crippen molar-refractivity contribution in [1.82, 2.24) is 20.2 Å². The summed E-state index contributed by atoms with van der Waals surface area (Å²) >= 11 is 12.1. The van der Waals surface area contributed by atoms with Crippen LogP contribution < -0.4 is 15.2 Å². The topological polar surface area (TPSA) is 84.0 Å². The van der Waals surface area contributed by atoms with Gasteiger partial charge in [-0.3, -0.25) is 4.79 Å². The van der Waals surface area contributed by atoms with Gasteiger partial charge < -0.3 is 9.64 Å². The first-order chi connectivity index (χ1) is 13.0. The Balaban J connectivity index is 1.63. The maximum absolute atomic E-state index is 13.2. The molecule has 7 nitrogen and oxygen atoms in total. The number of halogens is 3. The largest absolute Gasteiger partial charge is 0.437 e. The van der Waals surface area contributed by atoms with Crippen molar-refractivity contribution in [3.63, 3.8) is 0 Å². The smallest absolute Gasteiger partial charge is 0.285 e. The zero-order valence-electron chi connectivity index (χ0n) is 13.7. The van der Waals surface area contributed by atoms with Gasteiger partial charge in [-0.2, -0.15) is 5.10 Å². The molecule has 1 aliphatic heterocycles. The van der Waals surface area contributed by atoms with Gasteiger partial charge in [-0.1, -0.05) is 23.2 Å². The predicted molar refractivity (Wildman–Crippen MR) is 98.1 cm³/mol. The molecular formula is C17H12Cl2FN5O2. The second-order valence-corrected chi connectivity index (χ2v) is 6.64. The first kappa shape index (κ1) is 17.7. The molecule has 0 aliphatic carbocycles. The number of anilines is 1. The number of aromatic nitrogens is 4. The third-order valence-corrected chi connectivity index (χ3v) is 4.85. The number of hydrogen-bond donors (Lipinski definition) is 1. The summed E-state index contributed by atoms with van der Waals surface area (Å²) in [7, 11) is 0. The molecule has 0 fully saturated rings. The Morgan fingerprint density at radius 3 is 2.93 bits per heavy atom. The van der Waals surface area contributed by atoms with Crippen molar-refractivity contribution in [3.8, 4) is 11.6 Å². The highest BCUT2D eigenvalue weighted by molar-refractivity contribution is 6.33. The third-order valence-electron chi connectivity index (χ3n) is 4.19. The highest BCUT2D eigenvalue weighted by Gasteiger charge is 2.24. The Morgan fingerprint density at radius 2 is 2.11 bits per heavy atom. The Kier molecular flexibility index (Phi) is 4.67. The van der Waals surface area contributed by atoms with Gasteiger partial charge in [0.05, 0.1) is 29.1 Å². The van der Waals surface area contributed by atoms with E-state index >= 15 is 0 Å². The predicted octanol–water partition coefficient (Wildman–Crippen LogP) is 3.36. The molecule has 0 spiro atoms. The lowest BCUT2D eigenvalue weighted by Crippen LogP contribution is -2.33. The molecule has 0 bridgehead atoms. The fourth-order valence-corrected chi connectivity index (χ4v) is 3.29. The van der Waals surface area contributed by atoms with E-state index < -0.39 is 11.4 Å². The maximum atomic E-state index is 13.2. The Labute approximate surface area is 162 Å². The van der Waals surface area contributed by atoms with E-state index in [0.29, 0.717) is 36.8 Å². The lowest BCUT2D eigenvalue weighted by Gasteiger charge is -2.30. The fraction of sp³-hybridized carbons (Fsp3) is 0.176. The molecule has 0 saturated heterocycles. The number of aromatic amines is 1. The van der Waals surface area contributed by atoms with Crippen LogP contribution in [-0.2, 0) is 13.0 Å². The molecule has 1 N–H and O–H groups in total. The summed E-state index contributed by atoms with van der Waals surface area (Å²) in [6, 6.07) is 3.88. The average molecular weight is 408 g/mol. The second-order valence-electron chi connectivity index (χ2n) is 5.85. The van der Waals surface area contributed by atoms with Gasteiger partial charge in [-0.05, 0) is 24.6 Å². The number of fused-ring (bicyclic) bond motifs is 1. The number of nitrogens with zero attached hydrogens (tertiary/aromatic N) is 4. The number of hydrogen-bond acceptors (Lipinski definition) is 6. The van der Waals surface area contributed by atoms with Crippen molar-refractivity contribution in [2.45, 2.75) is 13.0 Å². The SMILES string of the molecule is O=c1[nH]ncc(N2CCc3c(ncnc3Oc3ccc(F)cc3Cl)C2)c1Cl. The molecule has 1 aromatic carbocycles. The zero-order valence-corrected chi connectivity index (χ0v) is 15.3. The van der Waals surface area contributed by atoms with E-state index in [9.17, 15) is 9.18 Å². The summed E-state index contributed by atoms with van der Waals surface area (Å²) in [4.78, 5) is 22.1. The minimum Gasteiger partial charge on any atom is -0.437 e. The fourth-order valence-electron chi connectivity index (χ4n) is 2.87. The van der Waals surface area contributed by atoms with Crippen LogP contribution in [0.25, 0.3) is 0 Å². The Bertz CT molecular complexity index is 1080. The van der Waals surface area contributed by atoms with Crippen molar-refractivity contribution in [2.24, 2.45) is 0 Å². The lowest BCUT2D eigenvalue weighted by molar-refractivity contribution is 0.448. The van der Waals surface area contributed by atoms with Crippen LogP contribution in [0, 0.1) is 5.82 Å². The monoisotopic (exact) mass is 407 g/mol. The van der Waals surface area contributed by atoms with E-state index in [2.05, 4.69) is 20.2 Å². The van der Waals surface area contributed by atoms with E-state index in [0.717, 1.165) is 11.3 Å². The van der Waals surface area contributed by atoms with Crippen molar-refractivity contribution < 1.29 is 9.13 Å². The van der Waals surface area contributed by atoms with Crippen molar-refractivity contribution in [3.05, 3.63) is 68.2 Å². The normalized spacial score (nSPS) is 13.4. The maximum Gasteiger partial charge on any atom is 0.285 e. The molecule has 4 rings (SSSR count). The lowest BCUT2D eigenvalue weighted by atomic mass is 10.1. The summed E-state index contributed by atoms with van der Waals surface area (Å²) in [5.74, 6) is 0.225. The molecule has 3 heterocycles. The second kappa shape index (κ2) is 7.13. The molecule has 10 heteroatoms. The molecule has 0 unspecified atom stereocenters. The van der Waals surface area contributed by atoms with Crippen LogP contribution in [0.4, 0.5) is 10.1 Å². The Hall–Kier alpha value is -2.71. The number of nitrogens with one attached hydrogen (secondary N) is 1. The number of ether oxygens (including phenoxy) is 1. The zero-order chi connectivity index (χ0) is 19.0. The van der Waals surface area contributed by atoms with Gasteiger partial charge >= 0.3 is 0 Å². The van der Waals surface area contributed by atoms with Gasteiger partial charge in [0.1, 0.15) is 22.9 Å². The van der Waals surface area contributed by atoms with Crippen LogP contribution in [0.2, 0.25) is 10.0 Å². The van der Waals surface area contributed by atoms with E-state index in [-0.39, 0.29) is 10.0 Å². The van der Waals surface area contributed by atoms with Gasteiger partial charge in [0.2, 0.25) is 5.88 Å². The molecule has 0 atom stereocenters. The van der Waals surface area contributed by atoms with Gasteiger partial charge in [-0.25, -0.2) is 19.5 Å². The first-order valence-electron chi connectivity index (χ1n) is 7.96. The molecule has 1 aliphatic rings. The first-order valence-corrected chi connectivity index (χ1v) is 8.72. The van der Waals surface area contributed by atoms with Crippen LogP contribution in [0.1, 0.15) is 11.3 Å². The van der Waals surface area contributed by atoms with Crippen LogP contribution in [0.5, 0.6) is 11.6 Å². The number of benzene rings is 1. The van der Waals surface area contributed by atoms with Crippen LogP contribution in [0.3, 0.4) is 0 Å². The minimum absolute atomic E-state index is 0.0806. The third kappa shape index (κ3) is 3.45. The highest BCUT2D eigenvalue weighted by atomic mass is 35.5. The van der Waals surface area contributed by atoms with Gasteiger partial charge in [0, 0.05) is 12.1 Å². The molecule has 2 aromatic heterocycles. The van der Waals surface area contributed by atoms with Gasteiger partial charge in [0.15, 0.2) is 0 Å². The van der Waals surface area contributed by atoms with Crippen LogP contribution in [-0.4, -0.2) is 26.7 Å². The summed E-state index contributed by atoms with van der Waals surface area (Å²) in [5, 5.41) is 6.33. The summed E-state index contributed by atoms with van der Waals surface area (Å²) < 4.78 is 19.0. The van der Waals surface area contributed by atoms with Crippen molar-refractivity contribution in [2.75, 3.05) is 11.4 Å². The quantitative estimate of drug-likeness (QED) is 0.716. The number of H-pyrrole nitrogens is 1. The van der Waals surface area contributed by atoms with E-state index in [1.165, 1.54) is 30.7 Å². The minimum atomic E-state index is -0.448. The van der Waals surface area contributed by atoms with E-state index in [1.54, 1.807) is 0 Å². The summed E-state index contributed by atoms with van der Waals surface area (Å²) in [6.45, 7) is 0.981. The molecular weight excluding hydrogens is 396 g/mol. The van der Waals surface area contributed by atoms with E-state index in [1.807, 2.05) is 4.90 Å². The average Bonchev–Trinajstić information content (AvgIpc) is 2.66. The molecule has 138 valence electrons. The molecule has 0 amide bonds. The van der Waals surface area contributed by atoms with Crippen molar-refractivity contribution >= 4 is 28.9 Å². The molecule has 0 radical (unpaired) electrons. The van der Waals surface area contributed by atoms with Crippen LogP contribution >= 0.6 is 23.2 Å². The number of rotatable bonds is 3.